The summed E-state index contributed by atoms with van der Waals surface area (Å²) in [5.41, 5.74) is -0.506. The molecule has 0 bridgehead atoms. The van der Waals surface area contributed by atoms with Crippen LogP contribution in [0.25, 0.3) is 0 Å². The number of carbonyl (C=O) groups is 1. The molecule has 2 rings (SSSR count). The highest BCUT2D eigenvalue weighted by molar-refractivity contribution is 5.86. The fraction of sp³-hybridized carbons (Fsp3) is 0.909. The molecule has 0 radical (unpaired) electrons. The first-order chi connectivity index (χ1) is 7.16. The number of morpholine rings is 1. The van der Waals surface area contributed by atoms with E-state index >= 15 is 0 Å². The minimum atomic E-state index is -0.506. The number of nitrogens with zero attached hydrogens (tertiary/aromatic N) is 1. The van der Waals surface area contributed by atoms with Crippen LogP contribution in [0.2, 0.25) is 0 Å². The topological polar surface area (TPSA) is 41.6 Å². The Hall–Kier alpha value is -0.610. The van der Waals surface area contributed by atoms with Crippen molar-refractivity contribution in [2.24, 2.45) is 0 Å². The van der Waals surface area contributed by atoms with Gasteiger partial charge in [-0.05, 0) is 39.8 Å². The number of piperidine rings is 1. The zero-order valence-corrected chi connectivity index (χ0v) is 9.58. The zero-order chi connectivity index (χ0) is 10.9. The van der Waals surface area contributed by atoms with Gasteiger partial charge in [-0.2, -0.15) is 0 Å². The van der Waals surface area contributed by atoms with Crippen molar-refractivity contribution in [2.45, 2.75) is 38.3 Å². The van der Waals surface area contributed by atoms with Crippen LogP contribution in [0, 0.1) is 0 Å². The second-order valence-corrected chi connectivity index (χ2v) is 4.69. The molecule has 0 aromatic rings. The fourth-order valence-corrected chi connectivity index (χ4v) is 2.45. The van der Waals surface area contributed by atoms with Crippen LogP contribution in [0.1, 0.15) is 26.7 Å². The molecule has 2 fully saturated rings. The molecule has 0 aliphatic carbocycles. The van der Waals surface area contributed by atoms with E-state index in [1.54, 1.807) is 0 Å². The number of ether oxygens (including phenoxy) is 1. The number of nitrogens with one attached hydrogen (secondary N) is 1. The Bertz CT molecular complexity index is 241. The first kappa shape index (κ1) is 10.9. The molecule has 0 aromatic carbocycles. The molecule has 1 spiro atoms. The minimum Gasteiger partial charge on any atom is -0.363 e. The average Bonchev–Trinajstić information content (AvgIpc) is 2.23. The zero-order valence-electron chi connectivity index (χ0n) is 9.58. The maximum Gasteiger partial charge on any atom is 0.255 e. The third kappa shape index (κ3) is 1.88. The Labute approximate surface area is 91.0 Å². The highest BCUT2D eigenvalue weighted by Gasteiger charge is 2.46. The van der Waals surface area contributed by atoms with E-state index in [0.717, 1.165) is 32.5 Å². The van der Waals surface area contributed by atoms with Crippen molar-refractivity contribution in [1.82, 2.24) is 10.2 Å². The highest BCUT2D eigenvalue weighted by atomic mass is 16.5. The standard InChI is InChI=1S/C11H20N2O2/c1-9(2)13-7-8-15-11(10(13)14)3-5-12-6-4-11/h9,12H,3-8H2,1-2H3. The van der Waals surface area contributed by atoms with Gasteiger partial charge in [0.15, 0.2) is 0 Å². The number of hydrogen-bond donors (Lipinski definition) is 1. The number of rotatable bonds is 1. The first-order valence-corrected chi connectivity index (χ1v) is 5.81. The monoisotopic (exact) mass is 212 g/mol. The normalized spacial score (nSPS) is 26.3. The van der Waals surface area contributed by atoms with Crippen molar-refractivity contribution < 1.29 is 9.53 Å². The second-order valence-electron chi connectivity index (χ2n) is 4.69. The van der Waals surface area contributed by atoms with E-state index in [1.807, 2.05) is 4.90 Å². The van der Waals surface area contributed by atoms with E-state index in [9.17, 15) is 4.79 Å². The van der Waals surface area contributed by atoms with Crippen molar-refractivity contribution in [3.63, 3.8) is 0 Å². The van der Waals surface area contributed by atoms with Crippen molar-refractivity contribution in [1.29, 1.82) is 0 Å². The van der Waals surface area contributed by atoms with Crippen molar-refractivity contribution in [3.05, 3.63) is 0 Å². The van der Waals surface area contributed by atoms with Gasteiger partial charge in [0.2, 0.25) is 0 Å². The SMILES string of the molecule is CC(C)N1CCOC2(CCNCC2)C1=O. The van der Waals surface area contributed by atoms with E-state index in [4.69, 9.17) is 4.74 Å². The van der Waals surface area contributed by atoms with Gasteiger partial charge in [0.05, 0.1) is 6.61 Å². The van der Waals surface area contributed by atoms with Crippen LogP contribution in [-0.4, -0.2) is 48.7 Å². The van der Waals surface area contributed by atoms with E-state index < -0.39 is 5.60 Å². The lowest BCUT2D eigenvalue weighted by Crippen LogP contribution is -2.61. The molecule has 0 atom stereocenters. The molecule has 2 heterocycles. The molecule has 15 heavy (non-hydrogen) atoms. The Morgan fingerprint density at radius 1 is 1.40 bits per heavy atom. The third-order valence-corrected chi connectivity index (χ3v) is 3.40. The maximum atomic E-state index is 12.3. The summed E-state index contributed by atoms with van der Waals surface area (Å²) in [4.78, 5) is 14.3. The molecule has 2 aliphatic heterocycles. The van der Waals surface area contributed by atoms with Crippen LogP contribution < -0.4 is 5.32 Å². The summed E-state index contributed by atoms with van der Waals surface area (Å²) in [6.45, 7) is 7.33. The lowest BCUT2D eigenvalue weighted by atomic mass is 9.89. The van der Waals surface area contributed by atoms with Crippen molar-refractivity contribution >= 4 is 5.91 Å². The number of hydrogen-bond acceptors (Lipinski definition) is 3. The van der Waals surface area contributed by atoms with Gasteiger partial charge in [0.25, 0.3) is 5.91 Å². The molecule has 0 unspecified atom stereocenters. The van der Waals surface area contributed by atoms with E-state index in [-0.39, 0.29) is 11.9 Å². The Balaban J connectivity index is 2.14. The quantitative estimate of drug-likeness (QED) is 0.683. The molecule has 86 valence electrons. The Morgan fingerprint density at radius 2 is 2.07 bits per heavy atom. The molecule has 0 saturated carbocycles. The smallest absolute Gasteiger partial charge is 0.255 e. The van der Waals surface area contributed by atoms with E-state index in [0.29, 0.717) is 6.61 Å². The summed E-state index contributed by atoms with van der Waals surface area (Å²) >= 11 is 0. The van der Waals surface area contributed by atoms with Crippen LogP contribution >= 0.6 is 0 Å². The summed E-state index contributed by atoms with van der Waals surface area (Å²) in [5.74, 6) is 0.199. The molecule has 4 nitrogen and oxygen atoms in total. The summed E-state index contributed by atoms with van der Waals surface area (Å²) in [6.07, 6.45) is 1.63. The van der Waals surface area contributed by atoms with Gasteiger partial charge in [0.1, 0.15) is 5.60 Å². The van der Waals surface area contributed by atoms with Crippen molar-refractivity contribution in [3.8, 4) is 0 Å². The summed E-state index contributed by atoms with van der Waals surface area (Å²) < 4.78 is 5.77. The Morgan fingerprint density at radius 3 is 2.67 bits per heavy atom. The molecule has 4 heteroatoms. The van der Waals surface area contributed by atoms with Gasteiger partial charge in [-0.15, -0.1) is 0 Å². The fourth-order valence-electron chi connectivity index (χ4n) is 2.45. The van der Waals surface area contributed by atoms with Gasteiger partial charge in [-0.1, -0.05) is 0 Å². The van der Waals surface area contributed by atoms with E-state index in [1.165, 1.54) is 0 Å². The second kappa shape index (κ2) is 4.10. The summed E-state index contributed by atoms with van der Waals surface area (Å²) in [5, 5.41) is 3.27. The van der Waals surface area contributed by atoms with Gasteiger partial charge in [0, 0.05) is 12.6 Å². The predicted molar refractivity (Wildman–Crippen MR) is 57.6 cm³/mol. The minimum absolute atomic E-state index is 0.199. The molecule has 1 amide bonds. The van der Waals surface area contributed by atoms with Crippen LogP contribution in [0.3, 0.4) is 0 Å². The lowest BCUT2D eigenvalue weighted by molar-refractivity contribution is -0.178. The molecule has 2 saturated heterocycles. The molecule has 2 aliphatic rings. The molecule has 1 N–H and O–H groups in total. The molecular formula is C11H20N2O2. The third-order valence-electron chi connectivity index (χ3n) is 3.40. The largest absolute Gasteiger partial charge is 0.363 e. The van der Waals surface area contributed by atoms with Gasteiger partial charge in [-0.3, -0.25) is 4.79 Å². The Kier molecular flexibility index (Phi) is 2.98. The van der Waals surface area contributed by atoms with Gasteiger partial charge < -0.3 is 15.0 Å². The maximum absolute atomic E-state index is 12.3. The van der Waals surface area contributed by atoms with Gasteiger partial charge >= 0.3 is 0 Å². The first-order valence-electron chi connectivity index (χ1n) is 5.81. The predicted octanol–water partition coefficient (Wildman–Crippen LogP) is 0.376. The van der Waals surface area contributed by atoms with Crippen LogP contribution in [0.5, 0.6) is 0 Å². The molecule has 0 aromatic heterocycles. The highest BCUT2D eigenvalue weighted by Crippen LogP contribution is 2.29. The van der Waals surface area contributed by atoms with Crippen molar-refractivity contribution in [2.75, 3.05) is 26.2 Å². The number of carbonyl (C=O) groups excluding carboxylic acids is 1. The average molecular weight is 212 g/mol. The summed E-state index contributed by atoms with van der Waals surface area (Å²) in [6, 6.07) is 0.285. The number of amides is 1. The van der Waals surface area contributed by atoms with Crippen LogP contribution in [0.15, 0.2) is 0 Å². The van der Waals surface area contributed by atoms with Crippen LogP contribution in [0.4, 0.5) is 0 Å². The van der Waals surface area contributed by atoms with Gasteiger partial charge in [-0.25, -0.2) is 0 Å². The summed E-state index contributed by atoms with van der Waals surface area (Å²) in [7, 11) is 0. The van der Waals surface area contributed by atoms with E-state index in [2.05, 4.69) is 19.2 Å². The molecular weight excluding hydrogens is 192 g/mol. The lowest BCUT2D eigenvalue weighted by Gasteiger charge is -2.45. The van der Waals surface area contributed by atoms with Crippen LogP contribution in [-0.2, 0) is 9.53 Å².